The van der Waals surface area contributed by atoms with E-state index < -0.39 is 29.9 Å². The SMILES string of the molecule is COCC(=O)NC[C@@H]1N=C(N)N2CC(NC(=O)c3cccc4c3OCCC4(C)C)[C@@H](O)C23NC(N)=NC13. The summed E-state index contributed by atoms with van der Waals surface area (Å²) in [7, 11) is 1.43. The Morgan fingerprint density at radius 3 is 2.86 bits per heavy atom. The summed E-state index contributed by atoms with van der Waals surface area (Å²) in [6, 6.07) is 3.57. The first kappa shape index (κ1) is 25.1. The predicted octanol–water partition coefficient (Wildman–Crippen LogP) is -2.04. The van der Waals surface area contributed by atoms with Gasteiger partial charge in [-0.15, -0.1) is 0 Å². The maximum atomic E-state index is 13.5. The van der Waals surface area contributed by atoms with Crippen LogP contribution in [0.4, 0.5) is 0 Å². The molecular formula is C24H34N8O5. The fourth-order valence-electron chi connectivity index (χ4n) is 5.80. The average Bonchev–Trinajstić information content (AvgIpc) is 3.34. The molecule has 37 heavy (non-hydrogen) atoms. The van der Waals surface area contributed by atoms with Gasteiger partial charge in [0.25, 0.3) is 5.91 Å². The van der Waals surface area contributed by atoms with Crippen LogP contribution in [0.25, 0.3) is 0 Å². The van der Waals surface area contributed by atoms with Crippen LogP contribution in [0.1, 0.15) is 36.2 Å². The number of hydrogen-bond acceptors (Lipinski definition) is 11. The molecule has 1 spiro atoms. The van der Waals surface area contributed by atoms with E-state index in [9.17, 15) is 14.7 Å². The van der Waals surface area contributed by atoms with Crippen LogP contribution in [0.2, 0.25) is 0 Å². The summed E-state index contributed by atoms with van der Waals surface area (Å²) in [4.78, 5) is 36.1. The molecule has 13 nitrogen and oxygen atoms in total. The second-order valence-electron chi connectivity index (χ2n) is 10.5. The maximum Gasteiger partial charge on any atom is 0.255 e. The van der Waals surface area contributed by atoms with Gasteiger partial charge in [-0.25, -0.2) is 9.98 Å². The molecule has 4 aliphatic heterocycles. The molecule has 0 radical (unpaired) electrons. The van der Waals surface area contributed by atoms with Gasteiger partial charge in [0.15, 0.2) is 17.6 Å². The Balaban J connectivity index is 1.39. The number of nitrogens with one attached hydrogen (secondary N) is 3. The largest absolute Gasteiger partial charge is 0.492 e. The molecule has 5 atom stereocenters. The second kappa shape index (κ2) is 9.06. The minimum absolute atomic E-state index is 0.0989. The minimum atomic E-state index is -1.22. The van der Waals surface area contributed by atoms with Crippen LogP contribution < -0.4 is 32.2 Å². The highest BCUT2D eigenvalue weighted by Crippen LogP contribution is 2.42. The summed E-state index contributed by atoms with van der Waals surface area (Å²) >= 11 is 0. The molecule has 0 aliphatic carbocycles. The number of hydrogen-bond donors (Lipinski definition) is 6. The molecule has 1 aromatic carbocycles. The molecule has 0 bridgehead atoms. The molecule has 2 amide bonds. The van der Waals surface area contributed by atoms with Crippen LogP contribution in [0, 0.1) is 0 Å². The number of rotatable bonds is 6. The van der Waals surface area contributed by atoms with Crippen LogP contribution in [0.5, 0.6) is 5.75 Å². The second-order valence-corrected chi connectivity index (χ2v) is 10.5. The van der Waals surface area contributed by atoms with Crippen molar-refractivity contribution in [3.63, 3.8) is 0 Å². The Morgan fingerprint density at radius 2 is 2.11 bits per heavy atom. The molecule has 1 saturated heterocycles. The molecule has 1 aromatic rings. The molecule has 0 saturated carbocycles. The summed E-state index contributed by atoms with van der Waals surface area (Å²) in [6.07, 6.45) is -0.293. The highest BCUT2D eigenvalue weighted by atomic mass is 16.5. The number of guanidine groups is 2. The van der Waals surface area contributed by atoms with E-state index in [0.29, 0.717) is 17.9 Å². The topological polar surface area (TPSA) is 189 Å². The maximum absolute atomic E-state index is 13.5. The number of aliphatic hydroxyl groups excluding tert-OH is 1. The van der Waals surface area contributed by atoms with Crippen LogP contribution >= 0.6 is 0 Å². The molecular weight excluding hydrogens is 480 g/mol. The van der Waals surface area contributed by atoms with Gasteiger partial charge in [0.1, 0.15) is 24.5 Å². The average molecular weight is 515 g/mol. The van der Waals surface area contributed by atoms with Crippen molar-refractivity contribution in [2.45, 2.75) is 55.6 Å². The summed E-state index contributed by atoms with van der Waals surface area (Å²) in [5.41, 5.74) is 12.4. The highest BCUT2D eigenvalue weighted by Gasteiger charge is 2.65. The quantitative estimate of drug-likeness (QED) is 0.248. The van der Waals surface area contributed by atoms with Gasteiger partial charge in [-0.05, 0) is 17.9 Å². The van der Waals surface area contributed by atoms with Crippen LogP contribution in [-0.2, 0) is 14.9 Å². The lowest BCUT2D eigenvalue weighted by Crippen LogP contribution is -2.73. The van der Waals surface area contributed by atoms with Gasteiger partial charge in [-0.3, -0.25) is 9.59 Å². The lowest BCUT2D eigenvalue weighted by atomic mass is 9.79. The van der Waals surface area contributed by atoms with Crippen molar-refractivity contribution in [2.75, 3.05) is 33.4 Å². The first-order chi connectivity index (χ1) is 17.6. The number of amides is 2. The van der Waals surface area contributed by atoms with Gasteiger partial charge in [-0.1, -0.05) is 26.0 Å². The lowest BCUT2D eigenvalue weighted by molar-refractivity contribution is -0.124. The van der Waals surface area contributed by atoms with Crippen molar-refractivity contribution in [1.29, 1.82) is 0 Å². The number of ether oxygens (including phenoxy) is 2. The van der Waals surface area contributed by atoms with E-state index >= 15 is 0 Å². The number of benzene rings is 1. The van der Waals surface area contributed by atoms with Gasteiger partial charge in [0.05, 0.1) is 24.3 Å². The molecule has 1 fully saturated rings. The van der Waals surface area contributed by atoms with Gasteiger partial charge in [-0.2, -0.15) is 0 Å². The van der Waals surface area contributed by atoms with E-state index in [-0.39, 0.29) is 48.8 Å². The molecule has 4 aliphatic rings. The van der Waals surface area contributed by atoms with Crippen molar-refractivity contribution in [2.24, 2.45) is 21.5 Å². The van der Waals surface area contributed by atoms with Crippen molar-refractivity contribution >= 4 is 23.7 Å². The van der Waals surface area contributed by atoms with E-state index in [2.05, 4.69) is 39.8 Å². The number of aliphatic imine (C=N–C) groups is 2. The first-order valence-corrected chi connectivity index (χ1v) is 12.3. The Bertz CT molecular complexity index is 1170. The number of nitrogens with zero attached hydrogens (tertiary/aromatic N) is 3. The number of aliphatic hydroxyl groups is 1. The fourth-order valence-corrected chi connectivity index (χ4v) is 5.80. The normalized spacial score (nSPS) is 31.1. The molecule has 200 valence electrons. The van der Waals surface area contributed by atoms with Crippen LogP contribution in [0.15, 0.2) is 28.2 Å². The molecule has 8 N–H and O–H groups in total. The Kier molecular flexibility index (Phi) is 6.15. The summed E-state index contributed by atoms with van der Waals surface area (Å²) in [5, 5.41) is 20.4. The fraction of sp³-hybridized carbons (Fsp3) is 0.583. The zero-order valence-corrected chi connectivity index (χ0v) is 21.2. The van der Waals surface area contributed by atoms with Gasteiger partial charge < -0.3 is 46.9 Å². The Hall–Kier alpha value is -3.58. The minimum Gasteiger partial charge on any atom is -0.492 e. The highest BCUT2D eigenvalue weighted by molar-refractivity contribution is 5.98. The Labute approximate surface area is 214 Å². The number of carbonyl (C=O) groups is 2. The van der Waals surface area contributed by atoms with Crippen molar-refractivity contribution in [3.8, 4) is 5.75 Å². The first-order valence-electron chi connectivity index (χ1n) is 12.3. The third-order valence-electron chi connectivity index (χ3n) is 7.72. The third-order valence-corrected chi connectivity index (χ3v) is 7.72. The molecule has 3 unspecified atom stereocenters. The smallest absolute Gasteiger partial charge is 0.255 e. The van der Waals surface area contributed by atoms with Crippen LogP contribution in [-0.4, -0.2) is 97.0 Å². The molecule has 0 aromatic heterocycles. The van der Waals surface area contributed by atoms with E-state index in [4.69, 9.17) is 20.9 Å². The van der Waals surface area contributed by atoms with E-state index in [1.807, 2.05) is 12.1 Å². The van der Waals surface area contributed by atoms with E-state index in [1.54, 1.807) is 11.0 Å². The van der Waals surface area contributed by atoms with Gasteiger partial charge >= 0.3 is 0 Å². The number of methoxy groups -OCH3 is 1. The number of nitrogens with two attached hydrogens (primary N) is 2. The summed E-state index contributed by atoms with van der Waals surface area (Å²) in [6.45, 7) is 4.97. The monoisotopic (exact) mass is 514 g/mol. The number of carbonyl (C=O) groups excluding carboxylic acids is 2. The number of para-hydroxylation sites is 1. The van der Waals surface area contributed by atoms with Crippen molar-refractivity contribution < 1.29 is 24.2 Å². The van der Waals surface area contributed by atoms with E-state index in [1.165, 1.54) is 7.11 Å². The number of fused-ring (bicyclic) bond motifs is 1. The van der Waals surface area contributed by atoms with Crippen molar-refractivity contribution in [1.82, 2.24) is 20.9 Å². The molecule has 5 rings (SSSR count). The third kappa shape index (κ3) is 4.02. The standard InChI is InChI=1S/C24H34N8O5/c1-23(2)7-8-37-17-12(5-4-6-13(17)23)20(35)28-15-10-32-22(26)29-14(9-27-16(33)11-36-3)18-24(32,19(15)34)31-21(25)30-18/h4-6,14-15,18-19,34H,7-11H2,1-3H3,(H2,26,29)(H,27,33)(H,28,35)(H3,25,30,31)/t14-,15?,18?,19+,24?/m0/s1. The summed E-state index contributed by atoms with van der Waals surface area (Å²) < 4.78 is 10.8. The predicted molar refractivity (Wildman–Crippen MR) is 135 cm³/mol. The van der Waals surface area contributed by atoms with Crippen LogP contribution in [0.3, 0.4) is 0 Å². The molecule has 4 heterocycles. The van der Waals surface area contributed by atoms with Gasteiger partial charge in [0, 0.05) is 25.8 Å². The van der Waals surface area contributed by atoms with Gasteiger partial charge in [0.2, 0.25) is 5.91 Å². The summed E-state index contributed by atoms with van der Waals surface area (Å²) in [5.74, 6) is 0.156. The van der Waals surface area contributed by atoms with Crippen molar-refractivity contribution in [3.05, 3.63) is 29.3 Å². The molecule has 13 heteroatoms. The van der Waals surface area contributed by atoms with E-state index in [0.717, 1.165) is 12.0 Å². The zero-order chi connectivity index (χ0) is 26.5. The lowest BCUT2D eigenvalue weighted by Gasteiger charge is -2.46. The Morgan fingerprint density at radius 1 is 1.32 bits per heavy atom. The zero-order valence-electron chi connectivity index (χ0n) is 21.2.